The molecule has 0 spiro atoms. The number of hydrogen-bond donors (Lipinski definition) is 1. The molecule has 14 heteroatoms. The lowest BCUT2D eigenvalue weighted by atomic mass is 9.98. The number of aryl methyl sites for hydroxylation is 1. The fourth-order valence-corrected chi connectivity index (χ4v) is 5.09. The Kier molecular flexibility index (Phi) is 9.07. The summed E-state index contributed by atoms with van der Waals surface area (Å²) in [6.07, 6.45) is 3.28. The first-order valence-corrected chi connectivity index (χ1v) is 14.1. The number of tetrazole rings is 1. The number of esters is 2. The summed E-state index contributed by atoms with van der Waals surface area (Å²) in [6.45, 7) is 1.25. The van der Waals surface area contributed by atoms with Crippen LogP contribution in [0.5, 0.6) is 0 Å². The Morgan fingerprint density at radius 1 is 0.864 bits per heavy atom. The highest BCUT2D eigenvalue weighted by atomic mass is 16.5. The predicted octanol–water partition coefficient (Wildman–Crippen LogP) is 2.33. The smallest absolute Gasteiger partial charge is 0.333 e. The molecule has 3 heterocycles. The number of hydrogen-bond acceptors (Lipinski definition) is 10. The highest BCUT2D eigenvalue weighted by Crippen LogP contribution is 2.30. The summed E-state index contributed by atoms with van der Waals surface area (Å²) >= 11 is 0. The van der Waals surface area contributed by atoms with Gasteiger partial charge >= 0.3 is 17.6 Å². The topological polar surface area (TPSA) is 169 Å². The van der Waals surface area contributed by atoms with Gasteiger partial charge in [0.25, 0.3) is 5.56 Å². The summed E-state index contributed by atoms with van der Waals surface area (Å²) in [6, 6.07) is 15.6. The van der Waals surface area contributed by atoms with E-state index in [4.69, 9.17) is 14.5 Å². The van der Waals surface area contributed by atoms with Crippen molar-refractivity contribution < 1.29 is 19.1 Å². The summed E-state index contributed by atoms with van der Waals surface area (Å²) in [5, 5.41) is 14.2. The lowest BCUT2D eigenvalue weighted by molar-refractivity contribution is -0.141. The molecule has 0 fully saturated rings. The second kappa shape index (κ2) is 13.3. The highest BCUT2D eigenvalue weighted by molar-refractivity contribution is 5.80. The van der Waals surface area contributed by atoms with E-state index in [0.29, 0.717) is 18.1 Å². The van der Waals surface area contributed by atoms with Crippen molar-refractivity contribution in [2.24, 2.45) is 0 Å². The van der Waals surface area contributed by atoms with Crippen molar-refractivity contribution in [2.75, 3.05) is 14.2 Å². The molecule has 1 N–H and O–H groups in total. The van der Waals surface area contributed by atoms with Crippen molar-refractivity contribution in [3.05, 3.63) is 80.8 Å². The minimum absolute atomic E-state index is 0.0595. The van der Waals surface area contributed by atoms with Crippen molar-refractivity contribution >= 4 is 23.1 Å². The van der Waals surface area contributed by atoms with E-state index < -0.39 is 36.3 Å². The molecule has 14 nitrogen and oxygen atoms in total. The van der Waals surface area contributed by atoms with Crippen LogP contribution >= 0.6 is 0 Å². The zero-order chi connectivity index (χ0) is 31.2. The van der Waals surface area contributed by atoms with Gasteiger partial charge in [-0.1, -0.05) is 68.3 Å². The van der Waals surface area contributed by atoms with Gasteiger partial charge in [-0.25, -0.2) is 19.4 Å². The van der Waals surface area contributed by atoms with Crippen LogP contribution in [0.3, 0.4) is 0 Å². The Morgan fingerprint density at radius 2 is 1.55 bits per heavy atom. The van der Waals surface area contributed by atoms with Crippen LogP contribution < -0.4 is 11.2 Å². The molecule has 228 valence electrons. The number of aromatic amines is 1. The minimum Gasteiger partial charge on any atom is -0.468 e. The van der Waals surface area contributed by atoms with E-state index in [1.807, 2.05) is 48.5 Å². The minimum atomic E-state index is -0.854. The second-order valence-electron chi connectivity index (χ2n) is 10.1. The number of rotatable bonds is 12. The average molecular weight is 601 g/mol. The normalized spacial score (nSPS) is 11.2. The van der Waals surface area contributed by atoms with Gasteiger partial charge in [0.2, 0.25) is 0 Å². The number of carbonyl (C=O) groups is 2. The molecule has 0 saturated carbocycles. The van der Waals surface area contributed by atoms with E-state index in [-0.39, 0.29) is 17.7 Å². The summed E-state index contributed by atoms with van der Waals surface area (Å²) in [5.74, 6) is -0.339. The first-order chi connectivity index (χ1) is 21.4. The van der Waals surface area contributed by atoms with Crippen molar-refractivity contribution in [1.82, 2.24) is 39.3 Å². The van der Waals surface area contributed by atoms with Crippen molar-refractivity contribution in [2.45, 2.75) is 52.2 Å². The molecule has 0 aliphatic rings. The van der Waals surface area contributed by atoms with E-state index in [1.54, 1.807) is 4.57 Å². The average Bonchev–Trinajstić information content (AvgIpc) is 3.71. The Balaban J connectivity index is 1.62. The summed E-state index contributed by atoms with van der Waals surface area (Å²) in [4.78, 5) is 56.3. The van der Waals surface area contributed by atoms with Gasteiger partial charge in [0.15, 0.2) is 17.0 Å². The molecule has 2 aromatic carbocycles. The van der Waals surface area contributed by atoms with Crippen molar-refractivity contribution in [1.29, 1.82) is 0 Å². The van der Waals surface area contributed by atoms with Crippen molar-refractivity contribution in [3.8, 4) is 22.5 Å². The molecular weight excluding hydrogens is 568 g/mol. The number of fused-ring (bicyclic) bond motifs is 1. The van der Waals surface area contributed by atoms with Gasteiger partial charge in [0.05, 0.1) is 14.2 Å². The van der Waals surface area contributed by atoms with Crippen LogP contribution in [-0.2, 0) is 45.1 Å². The number of carbonyl (C=O) groups excluding carboxylic acids is 2. The van der Waals surface area contributed by atoms with Gasteiger partial charge in [-0.3, -0.25) is 19.0 Å². The van der Waals surface area contributed by atoms with Gasteiger partial charge in [0, 0.05) is 18.5 Å². The zero-order valence-electron chi connectivity index (χ0n) is 24.6. The van der Waals surface area contributed by atoms with Gasteiger partial charge in [-0.05, 0) is 33.5 Å². The monoisotopic (exact) mass is 600 g/mol. The van der Waals surface area contributed by atoms with Crippen LogP contribution in [0, 0.1) is 0 Å². The van der Waals surface area contributed by atoms with E-state index in [9.17, 15) is 19.2 Å². The van der Waals surface area contributed by atoms with Gasteiger partial charge in [-0.15, -0.1) is 5.10 Å². The lowest BCUT2D eigenvalue weighted by Gasteiger charge is -2.13. The first-order valence-electron chi connectivity index (χ1n) is 14.1. The fraction of sp³-hybridized carbons (Fsp3) is 0.333. The third-order valence-electron chi connectivity index (χ3n) is 7.36. The van der Waals surface area contributed by atoms with E-state index in [0.717, 1.165) is 50.7 Å². The van der Waals surface area contributed by atoms with Crippen LogP contribution in [0.1, 0.15) is 37.6 Å². The molecule has 0 amide bonds. The maximum atomic E-state index is 13.8. The molecule has 0 aliphatic heterocycles. The molecule has 0 radical (unpaired) electrons. The Morgan fingerprint density at radius 3 is 2.18 bits per heavy atom. The van der Waals surface area contributed by atoms with Gasteiger partial charge in [0.1, 0.15) is 18.9 Å². The molecule has 5 rings (SSSR count). The zero-order valence-corrected chi connectivity index (χ0v) is 24.6. The number of methoxy groups -OCH3 is 2. The Hall–Kier alpha value is -5.40. The molecule has 5 aromatic rings. The second-order valence-corrected chi connectivity index (χ2v) is 10.1. The maximum absolute atomic E-state index is 13.8. The summed E-state index contributed by atoms with van der Waals surface area (Å²) in [5.41, 5.74) is 2.20. The van der Waals surface area contributed by atoms with Crippen LogP contribution in [0.15, 0.2) is 58.1 Å². The van der Waals surface area contributed by atoms with Crippen LogP contribution in [0.4, 0.5) is 0 Å². The predicted molar refractivity (Wildman–Crippen MR) is 160 cm³/mol. The number of imidazole rings is 1. The number of unbranched alkanes of at least 4 members (excludes halogenated alkanes) is 2. The molecule has 3 aromatic heterocycles. The molecule has 0 bridgehead atoms. The molecule has 0 saturated heterocycles. The molecule has 0 unspecified atom stereocenters. The third-order valence-corrected chi connectivity index (χ3v) is 7.36. The standard InChI is InChI=1S/C30H32N8O6/c1-4-5-6-11-23-31-28-26(29(41)38(18-25(40)44-3)30(42)37(28)17-24(39)43-2)36(23)16-19-12-14-20(15-13-19)21-9-7-8-10-22(21)27-32-34-35-33-27/h7-10,12-15H,4-6,11,16-18H2,1-3H3,(H,32,33,34,35). The summed E-state index contributed by atoms with van der Waals surface area (Å²) < 4.78 is 13.1. The third kappa shape index (κ3) is 6.04. The Bertz CT molecular complexity index is 1910. The largest absolute Gasteiger partial charge is 0.468 e. The van der Waals surface area contributed by atoms with Crippen LogP contribution in [-0.4, -0.2) is 65.5 Å². The van der Waals surface area contributed by atoms with Crippen LogP contribution in [0.2, 0.25) is 0 Å². The van der Waals surface area contributed by atoms with Gasteiger partial charge < -0.3 is 14.0 Å². The van der Waals surface area contributed by atoms with E-state index in [1.165, 1.54) is 14.2 Å². The first kappa shape index (κ1) is 30.1. The van der Waals surface area contributed by atoms with Crippen LogP contribution in [0.25, 0.3) is 33.7 Å². The summed E-state index contributed by atoms with van der Waals surface area (Å²) in [7, 11) is 2.37. The Labute approximate surface area is 251 Å². The fourth-order valence-electron chi connectivity index (χ4n) is 5.09. The molecule has 0 aliphatic carbocycles. The number of nitrogens with zero attached hydrogens (tertiary/aromatic N) is 7. The maximum Gasteiger partial charge on any atom is 0.333 e. The number of nitrogens with one attached hydrogen (secondary N) is 1. The molecular formula is C30H32N8O6. The van der Waals surface area contributed by atoms with Gasteiger partial charge in [-0.2, -0.15) is 0 Å². The number of ether oxygens (including phenoxy) is 2. The highest BCUT2D eigenvalue weighted by Gasteiger charge is 2.24. The number of aromatic nitrogens is 8. The molecule has 0 atom stereocenters. The molecule has 44 heavy (non-hydrogen) atoms. The quantitative estimate of drug-likeness (QED) is 0.166. The number of H-pyrrole nitrogens is 1. The van der Waals surface area contributed by atoms with E-state index >= 15 is 0 Å². The van der Waals surface area contributed by atoms with Crippen molar-refractivity contribution in [3.63, 3.8) is 0 Å². The van der Waals surface area contributed by atoms with E-state index in [2.05, 4.69) is 27.5 Å². The lowest BCUT2D eigenvalue weighted by Crippen LogP contribution is -2.43. The number of benzene rings is 2. The SMILES string of the molecule is CCCCCc1nc2c(c(=O)n(CC(=O)OC)c(=O)n2CC(=O)OC)n1Cc1ccc(-c2ccccc2-c2nnn[nH]2)cc1.